The minimum atomic E-state index is -0.760. The molecule has 0 bridgehead atoms. The summed E-state index contributed by atoms with van der Waals surface area (Å²) < 4.78 is 5.21. The zero-order valence-electron chi connectivity index (χ0n) is 11.1. The number of fused-ring (bicyclic) bond motifs is 1. The van der Waals surface area contributed by atoms with Crippen molar-refractivity contribution in [3.8, 4) is 0 Å². The molecule has 2 aromatic rings. The first kappa shape index (κ1) is 13.8. The van der Waals surface area contributed by atoms with E-state index in [-0.39, 0.29) is 12.5 Å². The molecule has 1 aliphatic heterocycles. The lowest BCUT2D eigenvalue weighted by atomic mass is 10.2. The third kappa shape index (κ3) is 2.32. The van der Waals surface area contributed by atoms with E-state index in [0.29, 0.717) is 28.5 Å². The van der Waals surface area contributed by atoms with Gasteiger partial charge in [0.25, 0.3) is 5.91 Å². The molecule has 1 fully saturated rings. The van der Waals surface area contributed by atoms with Gasteiger partial charge in [-0.25, -0.2) is 4.98 Å². The van der Waals surface area contributed by atoms with E-state index >= 15 is 0 Å². The van der Waals surface area contributed by atoms with Gasteiger partial charge in [0.1, 0.15) is 15.7 Å². The zero-order valence-corrected chi connectivity index (χ0v) is 11.9. The second-order valence-electron chi connectivity index (χ2n) is 4.69. The summed E-state index contributed by atoms with van der Waals surface area (Å²) >= 11 is 1.22. The van der Waals surface area contributed by atoms with Gasteiger partial charge >= 0.3 is 0 Å². The number of pyridine rings is 1. The summed E-state index contributed by atoms with van der Waals surface area (Å²) in [5.74, 6) is -0.886. The van der Waals surface area contributed by atoms with E-state index in [9.17, 15) is 9.59 Å². The average molecular weight is 306 g/mol. The molecule has 0 saturated carbocycles. The van der Waals surface area contributed by atoms with Gasteiger partial charge in [-0.15, -0.1) is 11.3 Å². The van der Waals surface area contributed by atoms with Crippen LogP contribution in [-0.2, 0) is 9.53 Å². The van der Waals surface area contributed by atoms with E-state index in [1.807, 2.05) is 6.07 Å². The first-order valence-corrected chi connectivity index (χ1v) is 7.22. The predicted octanol–water partition coefficient (Wildman–Crippen LogP) is 0.205. The number of nitrogens with two attached hydrogens (primary N) is 2. The van der Waals surface area contributed by atoms with Crippen LogP contribution in [0.1, 0.15) is 9.67 Å². The number of carbonyl (C=O) groups is 2. The van der Waals surface area contributed by atoms with Gasteiger partial charge in [0, 0.05) is 18.1 Å². The Morgan fingerprint density at radius 1 is 1.48 bits per heavy atom. The molecule has 7 nitrogen and oxygen atoms in total. The Kier molecular flexibility index (Phi) is 3.48. The number of primary amides is 1. The van der Waals surface area contributed by atoms with Crippen LogP contribution in [0.2, 0.25) is 0 Å². The molecule has 3 heterocycles. The highest BCUT2D eigenvalue weighted by molar-refractivity contribution is 7.21. The van der Waals surface area contributed by atoms with Gasteiger partial charge in [0.15, 0.2) is 0 Å². The number of carbonyl (C=O) groups excluding carboxylic acids is 2. The first-order valence-electron chi connectivity index (χ1n) is 6.40. The minimum absolute atomic E-state index is 0.115. The molecule has 0 aromatic carbocycles. The molecule has 2 amide bonds. The van der Waals surface area contributed by atoms with E-state index in [2.05, 4.69) is 4.98 Å². The van der Waals surface area contributed by atoms with Crippen LogP contribution in [0.4, 0.5) is 5.69 Å². The number of anilines is 1. The number of morpholine rings is 1. The van der Waals surface area contributed by atoms with Crippen LogP contribution in [0.25, 0.3) is 10.2 Å². The summed E-state index contributed by atoms with van der Waals surface area (Å²) in [6.45, 7) is 0.802. The number of aromatic nitrogens is 1. The molecular weight excluding hydrogens is 292 g/mol. The summed E-state index contributed by atoms with van der Waals surface area (Å²) in [4.78, 5) is 30.8. The maximum atomic E-state index is 12.7. The molecule has 3 rings (SSSR count). The van der Waals surface area contributed by atoms with Crippen molar-refractivity contribution in [3.05, 3.63) is 23.2 Å². The van der Waals surface area contributed by atoms with E-state index in [4.69, 9.17) is 16.2 Å². The van der Waals surface area contributed by atoms with Gasteiger partial charge < -0.3 is 21.1 Å². The number of amides is 2. The summed E-state index contributed by atoms with van der Waals surface area (Å²) in [6.07, 6.45) is 1.65. The fraction of sp³-hybridized carbons (Fsp3) is 0.308. The van der Waals surface area contributed by atoms with Crippen molar-refractivity contribution < 1.29 is 14.3 Å². The van der Waals surface area contributed by atoms with Crippen molar-refractivity contribution in [1.29, 1.82) is 0 Å². The van der Waals surface area contributed by atoms with E-state index in [0.717, 1.165) is 5.39 Å². The molecule has 1 aliphatic rings. The van der Waals surface area contributed by atoms with Gasteiger partial charge in [-0.1, -0.05) is 0 Å². The third-order valence-corrected chi connectivity index (χ3v) is 4.53. The standard InChI is InChI=1S/C13H14N4O3S/c14-9-7-2-1-3-16-12(7)21-10(9)13(19)17-4-5-20-6-8(17)11(15)18/h1-3,8H,4-6,14H2,(H2,15,18). The van der Waals surface area contributed by atoms with Crippen molar-refractivity contribution in [3.63, 3.8) is 0 Å². The Labute approximate surface area is 124 Å². The van der Waals surface area contributed by atoms with Crippen LogP contribution < -0.4 is 11.5 Å². The maximum absolute atomic E-state index is 12.7. The maximum Gasteiger partial charge on any atom is 0.266 e. The second-order valence-corrected chi connectivity index (χ2v) is 5.69. The fourth-order valence-electron chi connectivity index (χ4n) is 2.32. The third-order valence-electron chi connectivity index (χ3n) is 3.42. The highest BCUT2D eigenvalue weighted by Gasteiger charge is 2.33. The van der Waals surface area contributed by atoms with Crippen LogP contribution >= 0.6 is 11.3 Å². The number of nitrogens with zero attached hydrogens (tertiary/aromatic N) is 2. The van der Waals surface area contributed by atoms with Crippen molar-refractivity contribution in [1.82, 2.24) is 9.88 Å². The predicted molar refractivity (Wildman–Crippen MR) is 78.9 cm³/mol. The van der Waals surface area contributed by atoms with Gasteiger partial charge in [0.05, 0.1) is 18.9 Å². The number of hydrogen-bond acceptors (Lipinski definition) is 6. The molecule has 8 heteroatoms. The van der Waals surface area contributed by atoms with Crippen LogP contribution in [0.3, 0.4) is 0 Å². The number of ether oxygens (including phenoxy) is 1. The lowest BCUT2D eigenvalue weighted by Gasteiger charge is -2.33. The fourth-order valence-corrected chi connectivity index (χ4v) is 3.34. The zero-order chi connectivity index (χ0) is 15.0. The Hall–Kier alpha value is -2.19. The molecule has 0 radical (unpaired) electrons. The molecule has 2 aromatic heterocycles. The van der Waals surface area contributed by atoms with E-state index in [1.54, 1.807) is 12.3 Å². The SMILES string of the molecule is NC(=O)C1COCCN1C(=O)c1sc2ncccc2c1N. The van der Waals surface area contributed by atoms with Crippen LogP contribution in [0.5, 0.6) is 0 Å². The van der Waals surface area contributed by atoms with Crippen molar-refractivity contribution in [2.75, 3.05) is 25.5 Å². The summed E-state index contributed by atoms with van der Waals surface area (Å²) in [5.41, 5.74) is 11.8. The van der Waals surface area contributed by atoms with E-state index < -0.39 is 11.9 Å². The van der Waals surface area contributed by atoms with E-state index in [1.165, 1.54) is 16.2 Å². The molecule has 4 N–H and O–H groups in total. The second kappa shape index (κ2) is 5.30. The number of nitrogen functional groups attached to an aromatic ring is 1. The molecule has 0 aliphatic carbocycles. The average Bonchev–Trinajstić information content (AvgIpc) is 2.84. The normalized spacial score (nSPS) is 18.9. The van der Waals surface area contributed by atoms with Gasteiger partial charge in [0.2, 0.25) is 5.91 Å². The number of rotatable bonds is 2. The molecule has 1 atom stereocenters. The highest BCUT2D eigenvalue weighted by atomic mass is 32.1. The molecule has 1 saturated heterocycles. The monoisotopic (exact) mass is 306 g/mol. The minimum Gasteiger partial charge on any atom is -0.397 e. The Morgan fingerprint density at radius 2 is 2.29 bits per heavy atom. The van der Waals surface area contributed by atoms with Crippen molar-refractivity contribution >= 4 is 39.1 Å². The van der Waals surface area contributed by atoms with Crippen LogP contribution in [-0.4, -0.2) is 47.5 Å². The Bertz CT molecular complexity index is 715. The summed E-state index contributed by atoms with van der Waals surface area (Å²) in [5, 5.41) is 0.745. The smallest absolute Gasteiger partial charge is 0.266 e. The van der Waals surface area contributed by atoms with Crippen LogP contribution in [0.15, 0.2) is 18.3 Å². The van der Waals surface area contributed by atoms with Crippen LogP contribution in [0, 0.1) is 0 Å². The molecule has 21 heavy (non-hydrogen) atoms. The Morgan fingerprint density at radius 3 is 3.00 bits per heavy atom. The van der Waals surface area contributed by atoms with Gasteiger partial charge in [-0.2, -0.15) is 0 Å². The molecule has 110 valence electrons. The highest BCUT2D eigenvalue weighted by Crippen LogP contribution is 2.33. The largest absolute Gasteiger partial charge is 0.397 e. The number of hydrogen-bond donors (Lipinski definition) is 2. The lowest BCUT2D eigenvalue weighted by Crippen LogP contribution is -2.54. The molecule has 1 unspecified atom stereocenters. The molecular formula is C13H14N4O3S. The Balaban J connectivity index is 1.99. The number of thiophene rings is 1. The molecule has 0 spiro atoms. The summed E-state index contributed by atoms with van der Waals surface area (Å²) in [7, 11) is 0. The quantitative estimate of drug-likeness (QED) is 0.823. The van der Waals surface area contributed by atoms with Gasteiger partial charge in [-0.3, -0.25) is 9.59 Å². The lowest BCUT2D eigenvalue weighted by molar-refractivity contribution is -0.127. The van der Waals surface area contributed by atoms with Gasteiger partial charge in [-0.05, 0) is 12.1 Å². The topological polar surface area (TPSA) is 112 Å². The summed E-state index contributed by atoms with van der Waals surface area (Å²) in [6, 6.07) is 2.82. The van der Waals surface area contributed by atoms with Crippen molar-refractivity contribution in [2.24, 2.45) is 5.73 Å². The first-order chi connectivity index (χ1) is 10.1. The van der Waals surface area contributed by atoms with Crippen molar-refractivity contribution in [2.45, 2.75) is 6.04 Å².